The van der Waals surface area contributed by atoms with E-state index in [1.165, 1.54) is 32.1 Å². The summed E-state index contributed by atoms with van der Waals surface area (Å²) in [5.41, 5.74) is 7.98. The highest BCUT2D eigenvalue weighted by Gasteiger charge is 2.25. The third-order valence-corrected chi connectivity index (χ3v) is 5.32. The first-order valence-corrected chi connectivity index (χ1v) is 9.47. The van der Waals surface area contributed by atoms with Crippen molar-refractivity contribution in [3.05, 3.63) is 29.8 Å². The molecule has 3 N–H and O–H groups in total. The summed E-state index contributed by atoms with van der Waals surface area (Å²) in [4.78, 5) is 12.4. The maximum atomic E-state index is 12.4. The maximum Gasteiger partial charge on any atom is 0.227 e. The normalized spacial score (nSPS) is 24.4. The van der Waals surface area contributed by atoms with Crippen molar-refractivity contribution in [1.82, 2.24) is 0 Å². The third kappa shape index (κ3) is 6.28. The topological polar surface area (TPSA) is 64.4 Å². The molecular formula is C20H31ClN2O2. The maximum absolute atomic E-state index is 12.4. The van der Waals surface area contributed by atoms with Crippen LogP contribution < -0.4 is 11.1 Å². The molecule has 0 aliphatic heterocycles. The lowest BCUT2D eigenvalue weighted by molar-refractivity contribution is -0.120. The van der Waals surface area contributed by atoms with Crippen LogP contribution in [-0.2, 0) is 16.1 Å². The summed E-state index contributed by atoms with van der Waals surface area (Å²) in [7, 11) is 0. The minimum atomic E-state index is 0. The fourth-order valence-corrected chi connectivity index (χ4v) is 3.89. The van der Waals surface area contributed by atoms with Crippen molar-refractivity contribution in [2.45, 2.75) is 76.5 Å². The van der Waals surface area contributed by atoms with Crippen molar-refractivity contribution in [3.63, 3.8) is 0 Å². The van der Waals surface area contributed by atoms with Crippen LogP contribution in [0, 0.1) is 5.92 Å². The number of amides is 1. The summed E-state index contributed by atoms with van der Waals surface area (Å²) in [6.45, 7) is 0.628. The van der Waals surface area contributed by atoms with Gasteiger partial charge in [-0.2, -0.15) is 0 Å². The van der Waals surface area contributed by atoms with Crippen LogP contribution in [0.2, 0.25) is 0 Å². The first-order valence-electron chi connectivity index (χ1n) is 9.47. The van der Waals surface area contributed by atoms with E-state index in [4.69, 9.17) is 10.5 Å². The first kappa shape index (κ1) is 20.2. The second kappa shape index (κ2) is 10.1. The van der Waals surface area contributed by atoms with Crippen LogP contribution in [0.15, 0.2) is 24.3 Å². The Balaban J connectivity index is 0.00000225. The molecule has 5 heteroatoms. The fraction of sp³-hybridized carbons (Fsp3) is 0.650. The van der Waals surface area contributed by atoms with E-state index < -0.39 is 0 Å². The Labute approximate surface area is 157 Å². The van der Waals surface area contributed by atoms with Crippen LogP contribution in [0.4, 0.5) is 5.69 Å². The molecule has 0 spiro atoms. The molecule has 140 valence electrons. The lowest BCUT2D eigenvalue weighted by Gasteiger charge is -2.25. The molecule has 0 heterocycles. The number of rotatable bonds is 5. The highest BCUT2D eigenvalue weighted by atomic mass is 35.5. The molecule has 0 saturated heterocycles. The molecule has 2 fully saturated rings. The predicted octanol–water partition coefficient (Wildman–Crippen LogP) is 4.41. The summed E-state index contributed by atoms with van der Waals surface area (Å²) < 4.78 is 6.03. The lowest BCUT2D eigenvalue weighted by Crippen LogP contribution is -2.34. The highest BCUT2D eigenvalue weighted by molar-refractivity contribution is 5.92. The SMILES string of the molecule is Cl.NC1CCCC(C(=O)Nc2cccc(COC3CCCCC3)c2)C1. The number of benzene rings is 1. The second-order valence-corrected chi connectivity index (χ2v) is 7.38. The van der Waals surface area contributed by atoms with Gasteiger partial charge in [-0.1, -0.05) is 37.8 Å². The Bertz CT molecular complexity index is 546. The lowest BCUT2D eigenvalue weighted by atomic mass is 9.85. The van der Waals surface area contributed by atoms with Gasteiger partial charge in [0.25, 0.3) is 0 Å². The van der Waals surface area contributed by atoms with Crippen LogP contribution in [0.25, 0.3) is 0 Å². The van der Waals surface area contributed by atoms with Gasteiger partial charge in [0.05, 0.1) is 12.7 Å². The number of anilines is 1. The Morgan fingerprint density at radius 2 is 1.92 bits per heavy atom. The van der Waals surface area contributed by atoms with Crippen molar-refractivity contribution in [2.75, 3.05) is 5.32 Å². The van der Waals surface area contributed by atoms with Crippen molar-refractivity contribution in [2.24, 2.45) is 11.7 Å². The van der Waals surface area contributed by atoms with Gasteiger partial charge >= 0.3 is 0 Å². The number of carbonyl (C=O) groups excluding carboxylic acids is 1. The van der Waals surface area contributed by atoms with Gasteiger partial charge in [0, 0.05) is 17.6 Å². The van der Waals surface area contributed by atoms with E-state index in [1.54, 1.807) is 0 Å². The molecule has 2 aliphatic rings. The van der Waals surface area contributed by atoms with Crippen LogP contribution in [-0.4, -0.2) is 18.1 Å². The standard InChI is InChI=1S/C20H30N2O2.ClH/c21-17-8-5-7-16(13-17)20(23)22-18-9-4-6-15(12-18)14-24-19-10-2-1-3-11-19;/h4,6,9,12,16-17,19H,1-3,5,7-8,10-11,13-14,21H2,(H,22,23);1H. The van der Waals surface area contributed by atoms with E-state index >= 15 is 0 Å². The number of hydrogen-bond donors (Lipinski definition) is 2. The van der Waals surface area contributed by atoms with Crippen LogP contribution >= 0.6 is 12.4 Å². The molecule has 2 unspecified atom stereocenters. The van der Waals surface area contributed by atoms with E-state index in [0.29, 0.717) is 12.7 Å². The second-order valence-electron chi connectivity index (χ2n) is 7.38. The smallest absolute Gasteiger partial charge is 0.227 e. The summed E-state index contributed by atoms with van der Waals surface area (Å²) in [6.07, 6.45) is 10.5. The summed E-state index contributed by atoms with van der Waals surface area (Å²) in [6, 6.07) is 8.20. The molecule has 2 atom stereocenters. The Kier molecular flexibility index (Phi) is 8.20. The molecule has 4 nitrogen and oxygen atoms in total. The van der Waals surface area contributed by atoms with E-state index in [1.807, 2.05) is 18.2 Å². The van der Waals surface area contributed by atoms with E-state index in [-0.39, 0.29) is 30.3 Å². The monoisotopic (exact) mass is 366 g/mol. The average Bonchev–Trinajstić information content (AvgIpc) is 2.61. The summed E-state index contributed by atoms with van der Waals surface area (Å²) >= 11 is 0. The average molecular weight is 367 g/mol. The third-order valence-electron chi connectivity index (χ3n) is 5.32. The van der Waals surface area contributed by atoms with E-state index in [2.05, 4.69) is 11.4 Å². The molecule has 2 aliphatic carbocycles. The number of halogens is 1. The Morgan fingerprint density at radius 1 is 1.12 bits per heavy atom. The molecule has 1 aromatic rings. The van der Waals surface area contributed by atoms with E-state index in [9.17, 15) is 4.79 Å². The van der Waals surface area contributed by atoms with Gasteiger partial charge in [-0.3, -0.25) is 4.79 Å². The van der Waals surface area contributed by atoms with E-state index in [0.717, 1.165) is 36.9 Å². The number of carbonyl (C=O) groups is 1. The van der Waals surface area contributed by atoms with Crippen LogP contribution in [0.5, 0.6) is 0 Å². The zero-order chi connectivity index (χ0) is 16.8. The highest BCUT2D eigenvalue weighted by Crippen LogP contribution is 2.25. The van der Waals surface area contributed by atoms with Gasteiger partial charge in [-0.15, -0.1) is 12.4 Å². The molecule has 0 radical (unpaired) electrons. The van der Waals surface area contributed by atoms with Gasteiger partial charge in [-0.25, -0.2) is 0 Å². The van der Waals surface area contributed by atoms with Gasteiger partial charge < -0.3 is 15.8 Å². The van der Waals surface area contributed by atoms with Crippen molar-refractivity contribution in [3.8, 4) is 0 Å². The number of ether oxygens (including phenoxy) is 1. The summed E-state index contributed by atoms with van der Waals surface area (Å²) in [5, 5.41) is 3.06. The molecule has 25 heavy (non-hydrogen) atoms. The van der Waals surface area contributed by atoms with Crippen molar-refractivity contribution in [1.29, 1.82) is 0 Å². The van der Waals surface area contributed by atoms with Gasteiger partial charge in [-0.05, 0) is 49.8 Å². The quantitative estimate of drug-likeness (QED) is 0.811. The van der Waals surface area contributed by atoms with Crippen LogP contribution in [0.3, 0.4) is 0 Å². The Morgan fingerprint density at radius 3 is 2.68 bits per heavy atom. The minimum Gasteiger partial charge on any atom is -0.374 e. The van der Waals surface area contributed by atoms with Gasteiger partial charge in [0.2, 0.25) is 5.91 Å². The van der Waals surface area contributed by atoms with Crippen molar-refractivity contribution >= 4 is 24.0 Å². The molecule has 1 aromatic carbocycles. The first-order chi connectivity index (χ1) is 11.7. The number of hydrogen-bond acceptors (Lipinski definition) is 3. The number of nitrogens with two attached hydrogens (primary N) is 1. The fourth-order valence-electron chi connectivity index (χ4n) is 3.89. The van der Waals surface area contributed by atoms with Crippen LogP contribution in [0.1, 0.15) is 63.4 Å². The van der Waals surface area contributed by atoms with Crippen molar-refractivity contribution < 1.29 is 9.53 Å². The minimum absolute atomic E-state index is 0. The Hall–Kier alpha value is -1.10. The summed E-state index contributed by atoms with van der Waals surface area (Å²) in [5.74, 6) is 0.159. The molecule has 3 rings (SSSR count). The zero-order valence-electron chi connectivity index (χ0n) is 14.9. The zero-order valence-corrected chi connectivity index (χ0v) is 15.7. The molecule has 1 amide bonds. The molecule has 0 aromatic heterocycles. The number of nitrogens with one attached hydrogen (secondary N) is 1. The van der Waals surface area contributed by atoms with Gasteiger partial charge in [0.1, 0.15) is 0 Å². The molecular weight excluding hydrogens is 336 g/mol. The molecule has 2 saturated carbocycles. The molecule has 0 bridgehead atoms. The van der Waals surface area contributed by atoms with Gasteiger partial charge in [0.15, 0.2) is 0 Å². The predicted molar refractivity (Wildman–Crippen MR) is 104 cm³/mol. The largest absolute Gasteiger partial charge is 0.374 e.